The van der Waals surface area contributed by atoms with Crippen molar-refractivity contribution in [2.45, 2.75) is 13.3 Å². The standard InChI is InChI=1S/C14H23NO3/c1-2-13-5-3-4-6-14(13)18-12-11-17-10-8-15-7-9-16/h3-6,15-16H,2,7-12H2,1H3/p+1. The molecule has 0 saturated carbocycles. The van der Waals surface area contributed by atoms with E-state index in [-0.39, 0.29) is 6.61 Å². The number of ether oxygens (including phenoxy) is 2. The summed E-state index contributed by atoms with van der Waals surface area (Å²) < 4.78 is 11.1. The maximum absolute atomic E-state index is 8.59. The van der Waals surface area contributed by atoms with Gasteiger partial charge in [-0.05, 0) is 18.1 Å². The van der Waals surface area contributed by atoms with Crippen molar-refractivity contribution in [2.24, 2.45) is 0 Å². The van der Waals surface area contributed by atoms with Gasteiger partial charge in [-0.2, -0.15) is 0 Å². The highest BCUT2D eigenvalue weighted by atomic mass is 16.5. The molecule has 0 aliphatic carbocycles. The smallest absolute Gasteiger partial charge is 0.122 e. The van der Waals surface area contributed by atoms with Crippen LogP contribution >= 0.6 is 0 Å². The molecule has 0 fully saturated rings. The number of rotatable bonds is 10. The topological polar surface area (TPSA) is 55.3 Å². The van der Waals surface area contributed by atoms with E-state index in [4.69, 9.17) is 14.6 Å². The van der Waals surface area contributed by atoms with Gasteiger partial charge in [0.15, 0.2) is 0 Å². The second kappa shape index (κ2) is 9.88. The third-order valence-electron chi connectivity index (χ3n) is 2.64. The van der Waals surface area contributed by atoms with Crippen molar-refractivity contribution in [1.82, 2.24) is 0 Å². The summed E-state index contributed by atoms with van der Waals surface area (Å²) in [6, 6.07) is 8.09. The highest BCUT2D eigenvalue weighted by molar-refractivity contribution is 5.33. The minimum atomic E-state index is 0.219. The Labute approximate surface area is 109 Å². The van der Waals surface area contributed by atoms with Gasteiger partial charge in [-0.3, -0.25) is 0 Å². The monoisotopic (exact) mass is 254 g/mol. The zero-order valence-corrected chi connectivity index (χ0v) is 11.1. The number of hydrogen-bond acceptors (Lipinski definition) is 3. The Balaban J connectivity index is 2.07. The van der Waals surface area contributed by atoms with Crippen molar-refractivity contribution in [1.29, 1.82) is 0 Å². The molecule has 0 unspecified atom stereocenters. The molecule has 0 spiro atoms. The molecule has 0 amide bonds. The van der Waals surface area contributed by atoms with Gasteiger partial charge in [-0.15, -0.1) is 0 Å². The van der Waals surface area contributed by atoms with E-state index >= 15 is 0 Å². The Kier molecular flexibility index (Phi) is 8.21. The molecule has 0 aromatic heterocycles. The third kappa shape index (κ3) is 6.00. The van der Waals surface area contributed by atoms with Crippen LogP contribution in [0.5, 0.6) is 5.75 Å². The summed E-state index contributed by atoms with van der Waals surface area (Å²) in [7, 11) is 0. The fraction of sp³-hybridized carbons (Fsp3) is 0.571. The van der Waals surface area contributed by atoms with Gasteiger partial charge in [-0.25, -0.2) is 0 Å². The molecule has 0 aliphatic rings. The average molecular weight is 254 g/mol. The first-order valence-corrected chi connectivity index (χ1v) is 6.59. The van der Waals surface area contributed by atoms with Crippen molar-refractivity contribution >= 4 is 0 Å². The molecule has 1 rings (SSSR count). The molecule has 3 N–H and O–H groups in total. The van der Waals surface area contributed by atoms with Gasteiger partial charge in [0, 0.05) is 0 Å². The van der Waals surface area contributed by atoms with E-state index < -0.39 is 0 Å². The molecule has 0 heterocycles. The van der Waals surface area contributed by atoms with Crippen LogP contribution in [-0.4, -0.2) is 44.6 Å². The predicted octanol–water partition coefficient (Wildman–Crippen LogP) is 0.200. The maximum atomic E-state index is 8.59. The third-order valence-corrected chi connectivity index (χ3v) is 2.64. The largest absolute Gasteiger partial charge is 0.491 e. The molecule has 1 aromatic rings. The van der Waals surface area contributed by atoms with E-state index in [2.05, 4.69) is 13.0 Å². The van der Waals surface area contributed by atoms with Crippen LogP contribution in [0.3, 0.4) is 0 Å². The molecule has 102 valence electrons. The molecule has 0 atom stereocenters. The van der Waals surface area contributed by atoms with E-state index in [1.807, 2.05) is 23.5 Å². The van der Waals surface area contributed by atoms with Gasteiger partial charge < -0.3 is 19.9 Å². The van der Waals surface area contributed by atoms with Crippen molar-refractivity contribution < 1.29 is 19.9 Å². The van der Waals surface area contributed by atoms with Crippen molar-refractivity contribution in [2.75, 3.05) is 39.5 Å². The molecule has 0 bridgehead atoms. The lowest BCUT2D eigenvalue weighted by atomic mass is 10.1. The van der Waals surface area contributed by atoms with Crippen LogP contribution in [0.2, 0.25) is 0 Å². The summed E-state index contributed by atoms with van der Waals surface area (Å²) in [5, 5.41) is 10.6. The molecule has 4 heteroatoms. The number of hydrogen-bond donors (Lipinski definition) is 2. The molecule has 1 aromatic carbocycles. The van der Waals surface area contributed by atoms with Crippen LogP contribution in [0.15, 0.2) is 24.3 Å². The van der Waals surface area contributed by atoms with Crippen LogP contribution in [0, 0.1) is 0 Å². The first-order chi connectivity index (χ1) is 8.88. The fourth-order valence-corrected chi connectivity index (χ4v) is 1.65. The fourth-order valence-electron chi connectivity index (χ4n) is 1.65. The van der Waals surface area contributed by atoms with E-state index in [1.54, 1.807) is 0 Å². The number of nitrogens with two attached hydrogens (primary N) is 1. The predicted molar refractivity (Wildman–Crippen MR) is 70.9 cm³/mol. The SMILES string of the molecule is CCc1ccccc1OCCOCC[NH2+]CCO. The van der Waals surface area contributed by atoms with Gasteiger partial charge in [0.1, 0.15) is 12.4 Å². The molecule has 18 heavy (non-hydrogen) atoms. The van der Waals surface area contributed by atoms with E-state index in [0.717, 1.165) is 25.3 Å². The summed E-state index contributed by atoms with van der Waals surface area (Å²) in [6.07, 6.45) is 0.979. The Morgan fingerprint density at radius 3 is 2.72 bits per heavy atom. The van der Waals surface area contributed by atoms with Crippen molar-refractivity contribution in [3.63, 3.8) is 0 Å². The molecule has 0 saturated heterocycles. The van der Waals surface area contributed by atoms with Crippen molar-refractivity contribution in [3.05, 3.63) is 29.8 Å². The minimum Gasteiger partial charge on any atom is -0.491 e. The second-order valence-corrected chi connectivity index (χ2v) is 4.01. The van der Waals surface area contributed by atoms with Gasteiger partial charge in [0.2, 0.25) is 0 Å². The average Bonchev–Trinajstić information content (AvgIpc) is 2.42. The van der Waals surface area contributed by atoms with Crippen LogP contribution in [0.4, 0.5) is 0 Å². The summed E-state index contributed by atoms with van der Waals surface area (Å²) in [5.74, 6) is 0.954. The highest BCUT2D eigenvalue weighted by Gasteiger charge is 2.00. The maximum Gasteiger partial charge on any atom is 0.122 e. The molecule has 0 radical (unpaired) electrons. The Morgan fingerprint density at radius 2 is 1.94 bits per heavy atom. The number of aliphatic hydroxyl groups excluding tert-OH is 1. The lowest BCUT2D eigenvalue weighted by molar-refractivity contribution is -0.657. The summed E-state index contributed by atoms with van der Waals surface area (Å²) in [5.41, 5.74) is 1.23. The first-order valence-electron chi connectivity index (χ1n) is 6.59. The lowest BCUT2D eigenvalue weighted by Gasteiger charge is -2.10. The molecule has 0 aliphatic heterocycles. The van der Waals surface area contributed by atoms with Crippen LogP contribution in [0.1, 0.15) is 12.5 Å². The number of benzene rings is 1. The van der Waals surface area contributed by atoms with Crippen LogP contribution in [0.25, 0.3) is 0 Å². The number of aliphatic hydroxyl groups is 1. The van der Waals surface area contributed by atoms with Gasteiger partial charge >= 0.3 is 0 Å². The summed E-state index contributed by atoms with van der Waals surface area (Å²) >= 11 is 0. The van der Waals surface area contributed by atoms with E-state index in [9.17, 15) is 0 Å². The number of aryl methyl sites for hydroxylation is 1. The zero-order chi connectivity index (χ0) is 13.1. The first kappa shape index (κ1) is 15.0. The number of quaternary nitrogens is 1. The Morgan fingerprint density at radius 1 is 1.11 bits per heavy atom. The Hall–Kier alpha value is -1.10. The van der Waals surface area contributed by atoms with Crippen LogP contribution < -0.4 is 10.1 Å². The van der Waals surface area contributed by atoms with Crippen LogP contribution in [-0.2, 0) is 11.2 Å². The second-order valence-electron chi connectivity index (χ2n) is 4.01. The quantitative estimate of drug-likeness (QED) is 0.587. The minimum absolute atomic E-state index is 0.219. The Bertz CT molecular complexity index is 318. The normalized spacial score (nSPS) is 10.6. The van der Waals surface area contributed by atoms with E-state index in [1.165, 1.54) is 5.56 Å². The summed E-state index contributed by atoms with van der Waals surface area (Å²) in [4.78, 5) is 0. The van der Waals surface area contributed by atoms with Crippen molar-refractivity contribution in [3.8, 4) is 5.75 Å². The van der Waals surface area contributed by atoms with Gasteiger partial charge in [0.05, 0.1) is 32.9 Å². The van der Waals surface area contributed by atoms with E-state index in [0.29, 0.717) is 19.8 Å². The number of para-hydroxylation sites is 1. The lowest BCUT2D eigenvalue weighted by Crippen LogP contribution is -2.86. The van der Waals surface area contributed by atoms with Gasteiger partial charge in [-0.1, -0.05) is 25.1 Å². The highest BCUT2D eigenvalue weighted by Crippen LogP contribution is 2.17. The summed E-state index contributed by atoms with van der Waals surface area (Å²) in [6.45, 7) is 5.84. The molecular formula is C14H24NO3+. The molecular weight excluding hydrogens is 230 g/mol. The molecule has 4 nitrogen and oxygen atoms in total. The zero-order valence-electron chi connectivity index (χ0n) is 11.1. The van der Waals surface area contributed by atoms with Gasteiger partial charge in [0.25, 0.3) is 0 Å².